The molecule has 2 aliphatic rings. The van der Waals surface area contributed by atoms with Crippen LogP contribution >= 0.6 is 0 Å². The average molecular weight is 398 g/mol. The summed E-state index contributed by atoms with van der Waals surface area (Å²) in [6, 6.07) is 2.51. The van der Waals surface area contributed by atoms with Crippen molar-refractivity contribution in [3.8, 4) is 0 Å². The molecule has 0 spiro atoms. The number of aromatic carboxylic acids is 1. The number of furan rings is 1. The number of carboxylic acids is 1. The van der Waals surface area contributed by atoms with Gasteiger partial charge in [0.05, 0.1) is 0 Å². The van der Waals surface area contributed by atoms with Crippen LogP contribution in [-0.4, -0.2) is 48.8 Å². The Balaban J connectivity index is 1.54. The Kier molecular flexibility index (Phi) is 5.90. The van der Waals surface area contributed by atoms with Gasteiger partial charge in [-0.2, -0.15) is 4.31 Å². The van der Waals surface area contributed by atoms with Crippen molar-refractivity contribution in [1.29, 1.82) is 0 Å². The van der Waals surface area contributed by atoms with E-state index in [0.717, 1.165) is 43.7 Å². The van der Waals surface area contributed by atoms with Crippen LogP contribution in [0.2, 0.25) is 0 Å². The van der Waals surface area contributed by atoms with Crippen LogP contribution in [0, 0.1) is 11.8 Å². The molecule has 1 amide bonds. The SMILES string of the molecule is CC1CCC(NC(=O)C2CCN(S(=O)(=O)c3ccc(C(=O)O)o3)CC2)CC1. The third-order valence-corrected chi connectivity index (χ3v) is 7.35. The second kappa shape index (κ2) is 8.02. The molecule has 0 bridgehead atoms. The summed E-state index contributed by atoms with van der Waals surface area (Å²) in [4.78, 5) is 23.4. The number of carbonyl (C=O) groups is 2. The summed E-state index contributed by atoms with van der Waals surface area (Å²) in [6.45, 7) is 2.66. The van der Waals surface area contributed by atoms with E-state index in [0.29, 0.717) is 12.8 Å². The van der Waals surface area contributed by atoms with Gasteiger partial charge in [-0.25, -0.2) is 13.2 Å². The number of hydrogen-bond acceptors (Lipinski definition) is 5. The molecule has 8 nitrogen and oxygen atoms in total. The van der Waals surface area contributed by atoms with Gasteiger partial charge in [0.2, 0.25) is 16.8 Å². The maximum Gasteiger partial charge on any atom is 0.371 e. The van der Waals surface area contributed by atoms with Crippen molar-refractivity contribution < 1.29 is 27.5 Å². The van der Waals surface area contributed by atoms with Crippen molar-refractivity contribution in [2.75, 3.05) is 13.1 Å². The predicted molar refractivity (Wildman–Crippen MR) is 96.7 cm³/mol. The van der Waals surface area contributed by atoms with Crippen LogP contribution < -0.4 is 5.32 Å². The summed E-state index contributed by atoms with van der Waals surface area (Å²) >= 11 is 0. The highest BCUT2D eigenvalue weighted by Gasteiger charge is 2.35. The summed E-state index contributed by atoms with van der Waals surface area (Å²) in [7, 11) is -3.89. The van der Waals surface area contributed by atoms with Crippen molar-refractivity contribution in [2.24, 2.45) is 11.8 Å². The first kappa shape index (κ1) is 19.9. The van der Waals surface area contributed by atoms with Gasteiger partial charge in [0.1, 0.15) is 0 Å². The van der Waals surface area contributed by atoms with E-state index in [1.807, 2.05) is 0 Å². The molecule has 1 aliphatic carbocycles. The maximum absolute atomic E-state index is 12.6. The Bertz CT molecular complexity index is 787. The highest BCUT2D eigenvalue weighted by molar-refractivity contribution is 7.89. The number of rotatable bonds is 5. The fourth-order valence-corrected chi connectivity index (χ4v) is 5.16. The molecular formula is C18H26N2O6S. The summed E-state index contributed by atoms with van der Waals surface area (Å²) in [5, 5.41) is 11.6. The fraction of sp³-hybridized carbons (Fsp3) is 0.667. The van der Waals surface area contributed by atoms with E-state index in [4.69, 9.17) is 9.52 Å². The van der Waals surface area contributed by atoms with Gasteiger partial charge in [-0.1, -0.05) is 6.92 Å². The molecule has 9 heteroatoms. The van der Waals surface area contributed by atoms with Crippen LogP contribution in [0.1, 0.15) is 56.0 Å². The monoisotopic (exact) mass is 398 g/mol. The van der Waals surface area contributed by atoms with E-state index in [2.05, 4.69) is 12.2 Å². The lowest BCUT2D eigenvalue weighted by Gasteiger charge is -2.32. The summed E-state index contributed by atoms with van der Waals surface area (Å²) in [5.41, 5.74) is 0. The van der Waals surface area contributed by atoms with Gasteiger partial charge < -0.3 is 14.8 Å². The van der Waals surface area contributed by atoms with E-state index >= 15 is 0 Å². The topological polar surface area (TPSA) is 117 Å². The maximum atomic E-state index is 12.6. The molecular weight excluding hydrogens is 372 g/mol. The number of piperidine rings is 1. The Morgan fingerprint density at radius 2 is 1.74 bits per heavy atom. The lowest BCUT2D eigenvalue weighted by molar-refractivity contribution is -0.127. The zero-order valence-corrected chi connectivity index (χ0v) is 16.2. The smallest absolute Gasteiger partial charge is 0.371 e. The minimum absolute atomic E-state index is 0.0118. The first-order valence-corrected chi connectivity index (χ1v) is 10.8. The third kappa shape index (κ3) is 4.52. The molecule has 0 radical (unpaired) electrons. The molecule has 1 aliphatic heterocycles. The number of sulfonamides is 1. The molecule has 2 N–H and O–H groups in total. The third-order valence-electron chi connectivity index (χ3n) is 5.57. The standard InChI is InChI=1S/C18H26N2O6S/c1-12-2-4-14(5-3-12)19-17(21)13-8-10-20(11-9-13)27(24,25)16-7-6-15(26-16)18(22)23/h6-7,12-14H,2-5,8-11H2,1H3,(H,19,21)(H,22,23). The van der Waals surface area contributed by atoms with Crippen molar-refractivity contribution in [3.05, 3.63) is 17.9 Å². The van der Waals surface area contributed by atoms with Crippen LogP contribution in [0.3, 0.4) is 0 Å². The van der Waals surface area contributed by atoms with E-state index < -0.39 is 21.8 Å². The largest absolute Gasteiger partial charge is 0.475 e. The quantitative estimate of drug-likeness (QED) is 0.784. The second-order valence-corrected chi connectivity index (χ2v) is 9.44. The first-order valence-electron chi connectivity index (χ1n) is 9.41. The molecule has 2 fully saturated rings. The molecule has 0 atom stereocenters. The van der Waals surface area contributed by atoms with E-state index in [-0.39, 0.29) is 36.0 Å². The molecule has 150 valence electrons. The number of nitrogens with zero attached hydrogens (tertiary/aromatic N) is 1. The molecule has 1 saturated carbocycles. The van der Waals surface area contributed by atoms with Gasteiger partial charge in [0.15, 0.2) is 0 Å². The molecule has 1 aromatic heterocycles. The van der Waals surface area contributed by atoms with Gasteiger partial charge in [0.25, 0.3) is 10.0 Å². The lowest BCUT2D eigenvalue weighted by Crippen LogP contribution is -2.46. The Morgan fingerprint density at radius 3 is 2.30 bits per heavy atom. The Morgan fingerprint density at radius 1 is 1.11 bits per heavy atom. The predicted octanol–water partition coefficient (Wildman–Crippen LogP) is 2.07. The highest BCUT2D eigenvalue weighted by Crippen LogP contribution is 2.27. The van der Waals surface area contributed by atoms with Crippen molar-refractivity contribution in [2.45, 2.75) is 56.6 Å². The molecule has 3 rings (SSSR count). The number of amides is 1. The minimum Gasteiger partial charge on any atom is -0.475 e. The summed E-state index contributed by atoms with van der Waals surface area (Å²) < 4.78 is 31.4. The van der Waals surface area contributed by atoms with Crippen LogP contribution in [0.4, 0.5) is 0 Å². The lowest BCUT2D eigenvalue weighted by atomic mass is 9.87. The van der Waals surface area contributed by atoms with Gasteiger partial charge >= 0.3 is 5.97 Å². The van der Waals surface area contributed by atoms with Gasteiger partial charge in [-0.3, -0.25) is 4.79 Å². The summed E-state index contributed by atoms with van der Waals surface area (Å²) in [5.74, 6) is -1.19. The molecule has 0 aromatic carbocycles. The van der Waals surface area contributed by atoms with E-state index in [1.54, 1.807) is 0 Å². The molecule has 1 aromatic rings. The van der Waals surface area contributed by atoms with Gasteiger partial charge in [-0.05, 0) is 56.6 Å². The van der Waals surface area contributed by atoms with E-state index in [9.17, 15) is 18.0 Å². The van der Waals surface area contributed by atoms with Crippen molar-refractivity contribution in [3.63, 3.8) is 0 Å². The second-order valence-electron chi connectivity index (χ2n) is 7.57. The van der Waals surface area contributed by atoms with Crippen molar-refractivity contribution >= 4 is 21.9 Å². The number of carboxylic acid groups (broad SMARTS) is 1. The van der Waals surface area contributed by atoms with Gasteiger partial charge in [-0.15, -0.1) is 0 Å². The zero-order chi connectivity index (χ0) is 19.6. The number of nitrogens with one attached hydrogen (secondary N) is 1. The molecule has 2 heterocycles. The van der Waals surface area contributed by atoms with Crippen molar-refractivity contribution in [1.82, 2.24) is 9.62 Å². The molecule has 1 saturated heterocycles. The minimum atomic E-state index is -3.89. The Hall–Kier alpha value is -1.87. The normalized spacial score (nSPS) is 25.2. The number of hydrogen-bond donors (Lipinski definition) is 2. The molecule has 0 unspecified atom stereocenters. The highest BCUT2D eigenvalue weighted by atomic mass is 32.2. The molecule has 27 heavy (non-hydrogen) atoms. The van der Waals surface area contributed by atoms with Crippen LogP contribution in [0.25, 0.3) is 0 Å². The summed E-state index contributed by atoms with van der Waals surface area (Å²) in [6.07, 6.45) is 5.16. The van der Waals surface area contributed by atoms with Crippen LogP contribution in [0.15, 0.2) is 21.6 Å². The van der Waals surface area contributed by atoms with Crippen LogP contribution in [0.5, 0.6) is 0 Å². The van der Waals surface area contributed by atoms with Gasteiger partial charge in [0, 0.05) is 25.0 Å². The first-order chi connectivity index (χ1) is 12.8. The van der Waals surface area contributed by atoms with Crippen LogP contribution in [-0.2, 0) is 14.8 Å². The Labute approximate surface area is 159 Å². The average Bonchev–Trinajstić information content (AvgIpc) is 3.15. The zero-order valence-electron chi connectivity index (χ0n) is 15.4. The van der Waals surface area contributed by atoms with E-state index in [1.165, 1.54) is 4.31 Å². The number of carbonyl (C=O) groups excluding carboxylic acids is 1. The fourth-order valence-electron chi connectivity index (χ4n) is 3.78.